The second-order valence-electron chi connectivity index (χ2n) is 6.41. The number of nitrogens with one attached hydrogen (secondary N) is 2. The molecule has 1 unspecified atom stereocenters. The van der Waals surface area contributed by atoms with E-state index in [1.165, 1.54) is 12.8 Å². The molecule has 0 radical (unpaired) electrons. The molecule has 2 aliphatic rings. The predicted molar refractivity (Wildman–Crippen MR) is 105 cm³/mol. The summed E-state index contributed by atoms with van der Waals surface area (Å²) >= 11 is 0. The van der Waals surface area contributed by atoms with Crippen LogP contribution in [0.4, 0.5) is 0 Å². The molecule has 2 rings (SSSR count). The van der Waals surface area contributed by atoms with Crippen LogP contribution in [0.25, 0.3) is 0 Å². The first-order valence-corrected chi connectivity index (χ1v) is 8.63. The Balaban J connectivity index is 0.00000264. The van der Waals surface area contributed by atoms with Gasteiger partial charge in [-0.05, 0) is 46.6 Å². The smallest absolute Gasteiger partial charge is 0.244 e. The summed E-state index contributed by atoms with van der Waals surface area (Å²) in [5.41, 5.74) is 0. The monoisotopic (exact) mass is 437 g/mol. The maximum absolute atomic E-state index is 12.1. The van der Waals surface area contributed by atoms with Crippen LogP contribution >= 0.6 is 24.0 Å². The molecule has 2 N–H and O–H groups in total. The van der Waals surface area contributed by atoms with Crippen molar-refractivity contribution in [3.05, 3.63) is 0 Å². The Bertz CT molecular complexity index is 394. The molecular formula is C16H32IN5O. The molecular weight excluding hydrogens is 405 g/mol. The maximum atomic E-state index is 12.1. The van der Waals surface area contributed by atoms with Gasteiger partial charge < -0.3 is 15.5 Å². The number of carbonyl (C=O) groups is 1. The number of nitrogens with zero attached hydrogens (tertiary/aromatic N) is 3. The zero-order valence-corrected chi connectivity index (χ0v) is 17.0. The molecule has 134 valence electrons. The molecule has 1 amide bonds. The molecule has 0 aromatic carbocycles. The van der Waals surface area contributed by atoms with Crippen molar-refractivity contribution in [1.82, 2.24) is 20.4 Å². The van der Waals surface area contributed by atoms with Crippen molar-refractivity contribution < 1.29 is 4.79 Å². The molecule has 1 saturated carbocycles. The van der Waals surface area contributed by atoms with Crippen LogP contribution in [0.3, 0.4) is 0 Å². The van der Waals surface area contributed by atoms with Crippen LogP contribution in [0.2, 0.25) is 0 Å². The molecule has 0 bridgehead atoms. The second-order valence-corrected chi connectivity index (χ2v) is 6.41. The average Bonchev–Trinajstić information content (AvgIpc) is 3.22. The first-order chi connectivity index (χ1) is 10.6. The summed E-state index contributed by atoms with van der Waals surface area (Å²) in [5.74, 6) is 0.879. The lowest BCUT2D eigenvalue weighted by Crippen LogP contribution is -2.45. The molecule has 23 heavy (non-hydrogen) atoms. The fourth-order valence-electron chi connectivity index (χ4n) is 2.79. The number of carbonyl (C=O) groups excluding carboxylic acids is 1. The highest BCUT2D eigenvalue weighted by atomic mass is 127. The van der Waals surface area contributed by atoms with Crippen LogP contribution in [0, 0.1) is 0 Å². The Labute approximate surface area is 157 Å². The van der Waals surface area contributed by atoms with Gasteiger partial charge in [-0.3, -0.25) is 9.69 Å². The van der Waals surface area contributed by atoms with Crippen molar-refractivity contribution in [3.63, 3.8) is 0 Å². The quantitative estimate of drug-likeness (QED) is 0.358. The van der Waals surface area contributed by atoms with E-state index in [0.29, 0.717) is 6.04 Å². The van der Waals surface area contributed by atoms with Crippen molar-refractivity contribution in [3.8, 4) is 0 Å². The van der Waals surface area contributed by atoms with E-state index in [1.54, 1.807) is 0 Å². The third-order valence-electron chi connectivity index (χ3n) is 4.56. The van der Waals surface area contributed by atoms with E-state index >= 15 is 0 Å². The van der Waals surface area contributed by atoms with E-state index in [-0.39, 0.29) is 36.4 Å². The number of aliphatic imine (C=N–C) groups is 1. The molecule has 1 aliphatic carbocycles. The lowest BCUT2D eigenvalue weighted by Gasteiger charge is -2.25. The summed E-state index contributed by atoms with van der Waals surface area (Å²) in [6, 6.07) is 1.22. The molecule has 1 atom stereocenters. The van der Waals surface area contributed by atoms with Crippen LogP contribution in [-0.2, 0) is 4.79 Å². The van der Waals surface area contributed by atoms with Gasteiger partial charge in [-0.2, -0.15) is 0 Å². The minimum absolute atomic E-state index is 0. The molecule has 1 heterocycles. The van der Waals surface area contributed by atoms with Gasteiger partial charge in [0.05, 0.1) is 0 Å². The number of likely N-dealkylation sites (N-methyl/N-ethyl adjacent to an activating group) is 1. The molecule has 7 heteroatoms. The van der Waals surface area contributed by atoms with Crippen LogP contribution in [-0.4, -0.2) is 73.5 Å². The number of guanidine groups is 1. The summed E-state index contributed by atoms with van der Waals surface area (Å²) in [4.78, 5) is 20.8. The van der Waals surface area contributed by atoms with Gasteiger partial charge in [-0.1, -0.05) is 0 Å². The lowest BCUT2D eigenvalue weighted by atomic mass is 10.3. The second kappa shape index (κ2) is 10.3. The van der Waals surface area contributed by atoms with E-state index in [9.17, 15) is 4.79 Å². The first kappa shape index (κ1) is 20.5. The predicted octanol–water partition coefficient (Wildman–Crippen LogP) is 1.26. The van der Waals surface area contributed by atoms with Crippen LogP contribution in [0.5, 0.6) is 0 Å². The van der Waals surface area contributed by atoms with Crippen LogP contribution in [0.15, 0.2) is 4.99 Å². The fraction of sp³-hybridized carbons (Fsp3) is 0.875. The summed E-state index contributed by atoms with van der Waals surface area (Å²) in [5, 5.41) is 6.57. The summed E-state index contributed by atoms with van der Waals surface area (Å²) in [7, 11) is 2.19. The average molecular weight is 437 g/mol. The molecule has 1 aliphatic heterocycles. The number of hydrogen-bond donors (Lipinski definition) is 2. The molecule has 6 nitrogen and oxygen atoms in total. The number of hydrogen-bond acceptors (Lipinski definition) is 3. The van der Waals surface area contributed by atoms with Crippen LogP contribution < -0.4 is 10.6 Å². The first-order valence-electron chi connectivity index (χ1n) is 8.63. The minimum atomic E-state index is 0. The number of amides is 1. The van der Waals surface area contributed by atoms with Crippen molar-refractivity contribution in [1.29, 1.82) is 0 Å². The van der Waals surface area contributed by atoms with Gasteiger partial charge in [0.2, 0.25) is 5.91 Å². The Morgan fingerprint density at radius 1 is 1.30 bits per heavy atom. The van der Waals surface area contributed by atoms with E-state index in [4.69, 9.17) is 0 Å². The van der Waals surface area contributed by atoms with Gasteiger partial charge in [-0.25, -0.2) is 4.99 Å². The Kier molecular flexibility index (Phi) is 9.19. The van der Waals surface area contributed by atoms with Gasteiger partial charge >= 0.3 is 0 Å². The minimum Gasteiger partial charge on any atom is -0.357 e. The molecule has 0 aromatic rings. The highest BCUT2D eigenvalue weighted by molar-refractivity contribution is 14.0. The molecule has 0 spiro atoms. The topological polar surface area (TPSA) is 60.0 Å². The Morgan fingerprint density at radius 2 is 1.96 bits per heavy atom. The van der Waals surface area contributed by atoms with Gasteiger partial charge in [0.15, 0.2) is 5.96 Å². The third kappa shape index (κ3) is 6.82. The zero-order chi connectivity index (χ0) is 15.9. The molecule has 0 aromatic heterocycles. The van der Waals surface area contributed by atoms with Gasteiger partial charge in [0.1, 0.15) is 6.54 Å². The SMILES string of the molecule is CCNC(=NCC(=O)N1CCCC1)NCC(C)N(C)C1CC1.I. The lowest BCUT2D eigenvalue weighted by molar-refractivity contribution is -0.128. The highest BCUT2D eigenvalue weighted by Gasteiger charge is 2.29. The normalized spacial score (nSPS) is 19.5. The summed E-state index contributed by atoms with van der Waals surface area (Å²) < 4.78 is 0. The largest absolute Gasteiger partial charge is 0.357 e. The van der Waals surface area contributed by atoms with Crippen molar-refractivity contribution in [2.75, 3.05) is 39.8 Å². The van der Waals surface area contributed by atoms with E-state index in [2.05, 4.69) is 34.5 Å². The highest BCUT2D eigenvalue weighted by Crippen LogP contribution is 2.26. The Hall–Kier alpha value is -0.570. The summed E-state index contributed by atoms with van der Waals surface area (Å²) in [6.45, 7) is 7.93. The zero-order valence-electron chi connectivity index (χ0n) is 14.7. The van der Waals surface area contributed by atoms with Crippen molar-refractivity contribution >= 4 is 35.8 Å². The Morgan fingerprint density at radius 3 is 2.52 bits per heavy atom. The third-order valence-corrected chi connectivity index (χ3v) is 4.56. The standard InChI is InChI=1S/C16H31N5O.HI/c1-4-17-16(18-11-13(2)20(3)14-7-8-14)19-12-15(22)21-9-5-6-10-21;/h13-14H,4-12H2,1-3H3,(H2,17,18,19);1H. The molecule has 1 saturated heterocycles. The van der Waals surface area contributed by atoms with Gasteiger partial charge in [0, 0.05) is 38.3 Å². The number of halogens is 1. The fourth-order valence-corrected chi connectivity index (χ4v) is 2.79. The van der Waals surface area contributed by atoms with E-state index in [0.717, 1.165) is 51.0 Å². The van der Waals surface area contributed by atoms with Crippen molar-refractivity contribution in [2.45, 2.75) is 51.6 Å². The number of rotatable bonds is 7. The number of likely N-dealkylation sites (tertiary alicyclic amines) is 1. The summed E-state index contributed by atoms with van der Waals surface area (Å²) in [6.07, 6.45) is 4.89. The van der Waals surface area contributed by atoms with E-state index < -0.39 is 0 Å². The van der Waals surface area contributed by atoms with E-state index in [1.807, 2.05) is 11.8 Å². The van der Waals surface area contributed by atoms with Crippen LogP contribution in [0.1, 0.15) is 39.5 Å². The van der Waals surface area contributed by atoms with Crippen molar-refractivity contribution in [2.24, 2.45) is 4.99 Å². The molecule has 2 fully saturated rings. The van der Waals surface area contributed by atoms with Gasteiger partial charge in [-0.15, -0.1) is 24.0 Å². The maximum Gasteiger partial charge on any atom is 0.244 e. The van der Waals surface area contributed by atoms with Gasteiger partial charge in [0.25, 0.3) is 0 Å².